The van der Waals surface area contributed by atoms with E-state index in [1.54, 1.807) is 0 Å². The minimum Gasteiger partial charge on any atom is -0.550 e. The van der Waals surface area contributed by atoms with Gasteiger partial charge in [-0.15, -0.1) is 0 Å². The molecule has 0 aromatic carbocycles. The van der Waals surface area contributed by atoms with Gasteiger partial charge in [-0.3, -0.25) is 9.59 Å². The number of esters is 2. The van der Waals surface area contributed by atoms with Crippen LogP contribution in [0.2, 0.25) is 0 Å². The Hall–Kier alpha value is -0.860. The van der Waals surface area contributed by atoms with E-state index in [1.165, 1.54) is 180 Å². The Morgan fingerprint density at radius 1 is 0.268 bits per heavy atom. The molecule has 71 heavy (non-hydrogen) atoms. The minimum atomic E-state index is -0.925. The first-order chi connectivity index (χ1) is 34.2. The van der Waals surface area contributed by atoms with Crippen LogP contribution in [0.3, 0.4) is 0 Å². The molecule has 0 N–H and O–H groups in total. The van der Waals surface area contributed by atoms with E-state index < -0.39 is 11.9 Å². The van der Waals surface area contributed by atoms with Crippen molar-refractivity contribution in [3.63, 3.8) is 0 Å². The van der Waals surface area contributed by atoms with Crippen LogP contribution in [0.15, 0.2) is 0 Å². The summed E-state index contributed by atoms with van der Waals surface area (Å²) in [4.78, 5) is 45.4. The van der Waals surface area contributed by atoms with Gasteiger partial charge in [0.15, 0.2) is 0 Å². The van der Waals surface area contributed by atoms with Crippen LogP contribution in [0.25, 0.3) is 0 Å². The summed E-state index contributed by atoms with van der Waals surface area (Å²) in [5.41, 5.74) is 0. The second-order valence-corrected chi connectivity index (χ2v) is 21.3. The first-order valence-electron chi connectivity index (χ1n) is 31.0. The Morgan fingerprint density at radius 3 is 0.676 bits per heavy atom. The van der Waals surface area contributed by atoms with Crippen molar-refractivity contribution in [1.82, 2.24) is 0 Å². The average Bonchev–Trinajstić information content (AvgIpc) is 3.34. The van der Waals surface area contributed by atoms with Gasteiger partial charge in [-0.2, -0.15) is 0 Å². The monoisotopic (exact) mass is 1030 g/mol. The Labute approximate surface area is 471 Å². The van der Waals surface area contributed by atoms with Gasteiger partial charge in [-0.1, -0.05) is 272 Å². The second kappa shape index (κ2) is 63.4. The molecule has 0 amide bonds. The Bertz CT molecular complexity index is 1020. The molecule has 416 valence electrons. The molecule has 2 atom stereocenters. The van der Waals surface area contributed by atoms with Gasteiger partial charge in [-0.05, 0) is 77.0 Å². The number of aliphatic carboxylic acids is 2. The summed E-state index contributed by atoms with van der Waals surface area (Å²) in [6.07, 6.45) is 59.3. The normalized spacial score (nSPS) is 11.9. The number of hydrogen-bond donors (Lipinski definition) is 0. The SMILES string of the molecule is CCCCCCCCCCCCC(=O)OC(CCCC)CCCCCCCCCCCCC(=O)[O-].CCCCCCCCCCCCC(=O)OC(CCCC)CCCCCCCCCCCCC(=O)[O-].[Ca+2]. The van der Waals surface area contributed by atoms with Crippen molar-refractivity contribution in [1.29, 1.82) is 0 Å². The van der Waals surface area contributed by atoms with E-state index in [0.29, 0.717) is 12.8 Å². The predicted molar refractivity (Wildman–Crippen MR) is 298 cm³/mol. The van der Waals surface area contributed by atoms with E-state index in [9.17, 15) is 29.4 Å². The Kier molecular flexibility index (Phi) is 66.5. The van der Waals surface area contributed by atoms with Crippen LogP contribution in [-0.2, 0) is 28.7 Å². The quantitative estimate of drug-likeness (QED) is 0.0334. The van der Waals surface area contributed by atoms with Crippen LogP contribution >= 0.6 is 0 Å². The molecule has 0 heterocycles. The van der Waals surface area contributed by atoms with Gasteiger partial charge in [-0.25, -0.2) is 0 Å². The van der Waals surface area contributed by atoms with Gasteiger partial charge in [0, 0.05) is 24.8 Å². The minimum absolute atomic E-state index is 0. The number of hydrogen-bond acceptors (Lipinski definition) is 8. The van der Waals surface area contributed by atoms with Crippen molar-refractivity contribution in [2.45, 2.75) is 374 Å². The summed E-state index contributed by atoms with van der Waals surface area (Å²) in [6, 6.07) is 0. The van der Waals surface area contributed by atoms with Crippen LogP contribution in [0.4, 0.5) is 0 Å². The topological polar surface area (TPSA) is 133 Å². The summed E-state index contributed by atoms with van der Waals surface area (Å²) in [7, 11) is 0. The molecule has 0 aromatic heterocycles. The van der Waals surface area contributed by atoms with Crippen molar-refractivity contribution in [3.8, 4) is 0 Å². The zero-order valence-corrected chi connectivity index (χ0v) is 50.1. The van der Waals surface area contributed by atoms with Gasteiger partial charge in [0.25, 0.3) is 0 Å². The Morgan fingerprint density at radius 2 is 0.451 bits per heavy atom. The number of ether oxygens (including phenoxy) is 2. The molecule has 0 radical (unpaired) electrons. The van der Waals surface area contributed by atoms with Crippen LogP contribution < -0.4 is 10.2 Å². The molecule has 0 saturated carbocycles. The molecular formula is C62H118CaO8. The molecule has 0 aliphatic heterocycles. The van der Waals surface area contributed by atoms with Gasteiger partial charge in [0.2, 0.25) is 0 Å². The third-order valence-corrected chi connectivity index (χ3v) is 14.1. The van der Waals surface area contributed by atoms with E-state index in [-0.39, 0.29) is 74.7 Å². The van der Waals surface area contributed by atoms with Gasteiger partial charge in [0.05, 0.1) is 0 Å². The largest absolute Gasteiger partial charge is 2.00 e. The van der Waals surface area contributed by atoms with Crippen molar-refractivity contribution in [3.05, 3.63) is 0 Å². The smallest absolute Gasteiger partial charge is 0.550 e. The number of carboxylic acids is 2. The summed E-state index contributed by atoms with van der Waals surface area (Å²) in [6.45, 7) is 8.93. The zero-order chi connectivity index (χ0) is 51.6. The maximum Gasteiger partial charge on any atom is 2.00 e. The maximum atomic E-state index is 12.3. The molecule has 0 saturated heterocycles. The summed E-state index contributed by atoms with van der Waals surface area (Å²) in [5.74, 6) is -1.81. The fourth-order valence-corrected chi connectivity index (χ4v) is 9.50. The summed E-state index contributed by atoms with van der Waals surface area (Å²) < 4.78 is 11.7. The van der Waals surface area contributed by atoms with Gasteiger partial charge in [0.1, 0.15) is 12.2 Å². The molecule has 0 aliphatic rings. The predicted octanol–water partition coefficient (Wildman–Crippen LogP) is 17.3. The first kappa shape index (κ1) is 74.4. The number of carbonyl (C=O) groups excluding carboxylic acids is 4. The van der Waals surface area contributed by atoms with Crippen molar-refractivity contribution in [2.75, 3.05) is 0 Å². The second-order valence-electron chi connectivity index (χ2n) is 21.3. The third kappa shape index (κ3) is 65.2. The van der Waals surface area contributed by atoms with E-state index in [4.69, 9.17) is 9.47 Å². The van der Waals surface area contributed by atoms with Crippen LogP contribution in [0.1, 0.15) is 362 Å². The molecule has 0 bridgehead atoms. The van der Waals surface area contributed by atoms with E-state index in [1.807, 2.05) is 0 Å². The fourth-order valence-electron chi connectivity index (χ4n) is 9.50. The third-order valence-electron chi connectivity index (χ3n) is 14.1. The van der Waals surface area contributed by atoms with Crippen molar-refractivity contribution in [2.24, 2.45) is 0 Å². The van der Waals surface area contributed by atoms with Crippen LogP contribution in [-0.4, -0.2) is 73.8 Å². The zero-order valence-electron chi connectivity index (χ0n) is 47.9. The molecule has 8 nitrogen and oxygen atoms in total. The maximum absolute atomic E-state index is 12.3. The standard InChI is InChI=1S/2C31H60O4.Ca/c2*1-3-5-7-8-9-10-15-18-21-24-28-31(34)35-29(25-6-4-2)26-22-19-16-13-11-12-14-17-20-23-27-30(32)33;/h2*29H,3-28H2,1-2H3,(H,32,33);/q;;+2/p-2. The molecule has 2 unspecified atom stereocenters. The van der Waals surface area contributed by atoms with Gasteiger partial charge >= 0.3 is 49.7 Å². The Balaban J connectivity index is -0.00000128. The molecule has 0 spiro atoms. The van der Waals surface area contributed by atoms with Crippen LogP contribution in [0, 0.1) is 0 Å². The number of rotatable bonds is 56. The van der Waals surface area contributed by atoms with E-state index >= 15 is 0 Å². The molecule has 0 fully saturated rings. The number of carbonyl (C=O) groups is 4. The molecule has 0 rings (SSSR count). The number of carboxylic acid groups (broad SMARTS) is 2. The molecule has 0 aromatic rings. The summed E-state index contributed by atoms with van der Waals surface area (Å²) >= 11 is 0. The molecule has 9 heteroatoms. The van der Waals surface area contributed by atoms with Crippen molar-refractivity contribution >= 4 is 61.6 Å². The average molecular weight is 1030 g/mol. The molecule has 0 aliphatic carbocycles. The van der Waals surface area contributed by atoms with Crippen molar-refractivity contribution < 1.29 is 38.9 Å². The first-order valence-corrected chi connectivity index (χ1v) is 31.0. The van der Waals surface area contributed by atoms with E-state index in [2.05, 4.69) is 27.7 Å². The fraction of sp³-hybridized carbons (Fsp3) is 0.935. The van der Waals surface area contributed by atoms with Gasteiger partial charge < -0.3 is 29.3 Å². The molecular weight excluding hydrogens is 913 g/mol. The van der Waals surface area contributed by atoms with E-state index in [0.717, 1.165) is 128 Å². The summed E-state index contributed by atoms with van der Waals surface area (Å²) in [5, 5.41) is 20.8. The number of unbranched alkanes of at least 4 members (excludes halogenated alkanes) is 38. The van der Waals surface area contributed by atoms with Crippen LogP contribution in [0.5, 0.6) is 0 Å².